The van der Waals surface area contributed by atoms with Gasteiger partial charge in [-0.05, 0) is 36.8 Å². The van der Waals surface area contributed by atoms with Gasteiger partial charge in [-0.2, -0.15) is 0 Å². The summed E-state index contributed by atoms with van der Waals surface area (Å²) >= 11 is 1.66. The molecule has 0 radical (unpaired) electrons. The summed E-state index contributed by atoms with van der Waals surface area (Å²) in [6.45, 7) is 4.94. The fourth-order valence-corrected chi connectivity index (χ4v) is 4.33. The lowest BCUT2D eigenvalue weighted by atomic mass is 10.2. The Kier molecular flexibility index (Phi) is 5.34. The Morgan fingerprint density at radius 1 is 1.14 bits per heavy atom. The number of ether oxygens (including phenoxy) is 2. The van der Waals surface area contributed by atoms with E-state index in [1.165, 1.54) is 0 Å². The van der Waals surface area contributed by atoms with Gasteiger partial charge in [0.25, 0.3) is 5.91 Å². The van der Waals surface area contributed by atoms with Gasteiger partial charge in [-0.3, -0.25) is 4.79 Å². The fraction of sp³-hybridized carbons (Fsp3) is 0.333. The number of amides is 1. The lowest BCUT2D eigenvalue weighted by molar-refractivity contribution is -0.133. The SMILES string of the molecule is COc1cccc2sc(N3CCN(C(=O)COc4cccc(C)c4)CC3)nc12. The van der Waals surface area contributed by atoms with Gasteiger partial charge in [-0.1, -0.05) is 29.5 Å². The summed E-state index contributed by atoms with van der Waals surface area (Å²) < 4.78 is 12.2. The Bertz CT molecular complexity index is 980. The van der Waals surface area contributed by atoms with Gasteiger partial charge in [-0.25, -0.2) is 4.98 Å². The number of benzene rings is 2. The first-order chi connectivity index (χ1) is 13.6. The summed E-state index contributed by atoms with van der Waals surface area (Å²) in [4.78, 5) is 21.3. The molecule has 0 spiro atoms. The average molecular weight is 398 g/mol. The number of hydrogen-bond acceptors (Lipinski definition) is 6. The largest absolute Gasteiger partial charge is 0.494 e. The summed E-state index contributed by atoms with van der Waals surface area (Å²) in [5.74, 6) is 1.55. The third-order valence-electron chi connectivity index (χ3n) is 4.85. The van der Waals surface area contributed by atoms with E-state index in [1.54, 1.807) is 18.4 Å². The van der Waals surface area contributed by atoms with Crippen LogP contribution in [0.5, 0.6) is 11.5 Å². The van der Waals surface area contributed by atoms with Crippen LogP contribution in [0.25, 0.3) is 10.2 Å². The second-order valence-corrected chi connectivity index (χ2v) is 7.79. The molecule has 1 fully saturated rings. The van der Waals surface area contributed by atoms with E-state index in [0.717, 1.165) is 45.5 Å². The van der Waals surface area contributed by atoms with E-state index in [-0.39, 0.29) is 12.5 Å². The minimum absolute atomic E-state index is 0.0205. The third kappa shape index (κ3) is 3.89. The highest BCUT2D eigenvalue weighted by molar-refractivity contribution is 7.22. The third-order valence-corrected chi connectivity index (χ3v) is 5.93. The summed E-state index contributed by atoms with van der Waals surface area (Å²) in [6.07, 6.45) is 0. The van der Waals surface area contributed by atoms with Crippen LogP contribution in [0.3, 0.4) is 0 Å². The number of para-hydroxylation sites is 1. The zero-order chi connectivity index (χ0) is 19.5. The number of carbonyl (C=O) groups excluding carboxylic acids is 1. The van der Waals surface area contributed by atoms with Crippen molar-refractivity contribution in [3.63, 3.8) is 0 Å². The van der Waals surface area contributed by atoms with Crippen LogP contribution in [0.15, 0.2) is 42.5 Å². The van der Waals surface area contributed by atoms with Crippen LogP contribution in [-0.4, -0.2) is 55.7 Å². The van der Waals surface area contributed by atoms with E-state index in [9.17, 15) is 4.79 Å². The lowest BCUT2D eigenvalue weighted by Crippen LogP contribution is -2.50. The number of hydrogen-bond donors (Lipinski definition) is 0. The van der Waals surface area contributed by atoms with Crippen LogP contribution in [0, 0.1) is 6.92 Å². The molecule has 146 valence electrons. The van der Waals surface area contributed by atoms with Crippen molar-refractivity contribution < 1.29 is 14.3 Å². The number of carbonyl (C=O) groups is 1. The van der Waals surface area contributed by atoms with E-state index in [1.807, 2.05) is 48.2 Å². The van der Waals surface area contributed by atoms with Crippen molar-refractivity contribution in [3.05, 3.63) is 48.0 Å². The number of piperazine rings is 1. The molecule has 6 nitrogen and oxygen atoms in total. The summed E-state index contributed by atoms with van der Waals surface area (Å²) in [6, 6.07) is 13.7. The van der Waals surface area contributed by atoms with Crippen molar-refractivity contribution in [1.82, 2.24) is 9.88 Å². The van der Waals surface area contributed by atoms with Crippen LogP contribution >= 0.6 is 11.3 Å². The molecular weight excluding hydrogens is 374 g/mol. The molecule has 2 heterocycles. The van der Waals surface area contributed by atoms with E-state index >= 15 is 0 Å². The van der Waals surface area contributed by atoms with Crippen molar-refractivity contribution in [2.24, 2.45) is 0 Å². The highest BCUT2D eigenvalue weighted by Gasteiger charge is 2.23. The van der Waals surface area contributed by atoms with E-state index in [0.29, 0.717) is 13.1 Å². The second kappa shape index (κ2) is 8.06. The van der Waals surface area contributed by atoms with E-state index in [4.69, 9.17) is 14.5 Å². The topological polar surface area (TPSA) is 54.9 Å². The van der Waals surface area contributed by atoms with Gasteiger partial charge in [-0.15, -0.1) is 0 Å². The number of methoxy groups -OCH3 is 1. The van der Waals surface area contributed by atoms with Crippen molar-refractivity contribution >= 4 is 32.6 Å². The first-order valence-corrected chi connectivity index (χ1v) is 10.1. The molecule has 0 atom stereocenters. The summed E-state index contributed by atoms with van der Waals surface area (Å²) in [7, 11) is 1.66. The summed E-state index contributed by atoms with van der Waals surface area (Å²) in [5, 5.41) is 0.975. The first-order valence-electron chi connectivity index (χ1n) is 9.30. The molecule has 3 aromatic rings. The number of thiazole rings is 1. The van der Waals surface area contributed by atoms with Gasteiger partial charge < -0.3 is 19.3 Å². The lowest BCUT2D eigenvalue weighted by Gasteiger charge is -2.34. The molecule has 4 rings (SSSR count). The second-order valence-electron chi connectivity index (χ2n) is 6.78. The number of fused-ring (bicyclic) bond motifs is 1. The van der Waals surface area contributed by atoms with Gasteiger partial charge in [0.05, 0.1) is 11.8 Å². The molecule has 0 saturated carbocycles. The van der Waals surface area contributed by atoms with Crippen LogP contribution in [0.4, 0.5) is 5.13 Å². The highest BCUT2D eigenvalue weighted by atomic mass is 32.1. The molecule has 28 heavy (non-hydrogen) atoms. The van der Waals surface area contributed by atoms with Gasteiger partial charge in [0.1, 0.15) is 17.0 Å². The standard InChI is InChI=1S/C21H23N3O3S/c1-15-5-3-6-16(13-15)27-14-19(25)23-9-11-24(12-10-23)21-22-20-17(26-2)7-4-8-18(20)28-21/h3-8,13H,9-12,14H2,1-2H3. The molecule has 1 aliphatic heterocycles. The van der Waals surface area contributed by atoms with Crippen LogP contribution < -0.4 is 14.4 Å². The quantitative estimate of drug-likeness (QED) is 0.661. The Morgan fingerprint density at radius 2 is 1.93 bits per heavy atom. The van der Waals surface area contributed by atoms with Crippen molar-refractivity contribution in [3.8, 4) is 11.5 Å². The van der Waals surface area contributed by atoms with E-state index < -0.39 is 0 Å². The van der Waals surface area contributed by atoms with Gasteiger partial charge in [0.2, 0.25) is 0 Å². The molecule has 0 aliphatic carbocycles. The Hall–Kier alpha value is -2.80. The number of rotatable bonds is 5. The van der Waals surface area contributed by atoms with Gasteiger partial charge in [0.15, 0.2) is 11.7 Å². The van der Waals surface area contributed by atoms with Crippen LogP contribution in [-0.2, 0) is 4.79 Å². The maximum Gasteiger partial charge on any atom is 0.260 e. The number of anilines is 1. The number of aryl methyl sites for hydroxylation is 1. The molecule has 7 heteroatoms. The monoisotopic (exact) mass is 397 g/mol. The van der Waals surface area contributed by atoms with Gasteiger partial charge >= 0.3 is 0 Å². The minimum Gasteiger partial charge on any atom is -0.494 e. The molecule has 1 aromatic heterocycles. The number of aromatic nitrogens is 1. The summed E-state index contributed by atoms with van der Waals surface area (Å²) in [5.41, 5.74) is 2.01. The zero-order valence-corrected chi connectivity index (χ0v) is 16.9. The normalized spacial score (nSPS) is 14.4. The molecule has 0 unspecified atom stereocenters. The molecule has 0 N–H and O–H groups in total. The van der Waals surface area contributed by atoms with Crippen molar-refractivity contribution in [1.29, 1.82) is 0 Å². The van der Waals surface area contributed by atoms with Crippen molar-refractivity contribution in [2.75, 3.05) is 44.8 Å². The first kappa shape index (κ1) is 18.6. The molecule has 2 aromatic carbocycles. The molecular formula is C21H23N3O3S. The molecule has 1 aliphatic rings. The predicted octanol–water partition coefficient (Wildman–Crippen LogP) is 3.34. The predicted molar refractivity (Wildman–Crippen MR) is 112 cm³/mol. The van der Waals surface area contributed by atoms with Crippen molar-refractivity contribution in [2.45, 2.75) is 6.92 Å². The van der Waals surface area contributed by atoms with E-state index in [2.05, 4.69) is 11.0 Å². The Balaban J connectivity index is 1.34. The molecule has 1 saturated heterocycles. The fourth-order valence-electron chi connectivity index (χ4n) is 3.30. The maximum atomic E-state index is 12.5. The molecule has 1 amide bonds. The zero-order valence-electron chi connectivity index (χ0n) is 16.1. The minimum atomic E-state index is 0.0205. The van der Waals surface area contributed by atoms with Gasteiger partial charge in [0, 0.05) is 26.2 Å². The Labute approximate surface area is 168 Å². The van der Waals surface area contributed by atoms with Crippen LogP contribution in [0.2, 0.25) is 0 Å². The average Bonchev–Trinajstić information content (AvgIpc) is 3.16. The molecule has 0 bridgehead atoms. The number of nitrogens with zero attached hydrogens (tertiary/aromatic N) is 3. The Morgan fingerprint density at radius 3 is 2.68 bits per heavy atom. The maximum absolute atomic E-state index is 12.5. The van der Waals surface area contributed by atoms with Crippen LogP contribution in [0.1, 0.15) is 5.56 Å². The smallest absolute Gasteiger partial charge is 0.260 e. The highest BCUT2D eigenvalue weighted by Crippen LogP contribution is 2.34.